The predicted octanol–water partition coefficient (Wildman–Crippen LogP) is 4.06. The highest BCUT2D eigenvalue weighted by Gasteiger charge is 2.29. The lowest BCUT2D eigenvalue weighted by atomic mass is 9.85. The summed E-state index contributed by atoms with van der Waals surface area (Å²) in [6.45, 7) is 9.19. The monoisotopic (exact) mass is 268 g/mol. The van der Waals surface area contributed by atoms with Crippen LogP contribution >= 0.6 is 11.8 Å². The van der Waals surface area contributed by atoms with Crippen molar-refractivity contribution in [3.63, 3.8) is 0 Å². The van der Waals surface area contributed by atoms with Gasteiger partial charge in [-0.05, 0) is 30.6 Å². The summed E-state index contributed by atoms with van der Waals surface area (Å²) in [4.78, 5) is 4.94. The number of rotatable bonds is 4. The van der Waals surface area contributed by atoms with Crippen LogP contribution in [0.25, 0.3) is 0 Å². The number of nitrogens with zero attached hydrogens (tertiary/aromatic N) is 1. The van der Waals surface area contributed by atoms with Crippen molar-refractivity contribution in [2.75, 3.05) is 5.75 Å². The minimum Gasteiger partial charge on any atom is -0.362 e. The third kappa shape index (κ3) is 4.18. The number of hydrogen-bond acceptors (Lipinski definition) is 3. The van der Waals surface area contributed by atoms with Crippen LogP contribution < -0.4 is 5.32 Å². The fourth-order valence-corrected chi connectivity index (χ4v) is 3.46. The van der Waals surface area contributed by atoms with E-state index in [-0.39, 0.29) is 0 Å². The zero-order chi connectivity index (χ0) is 13.2. The molecular weight excluding hydrogens is 240 g/mol. The van der Waals surface area contributed by atoms with Gasteiger partial charge in [0.2, 0.25) is 0 Å². The van der Waals surface area contributed by atoms with Crippen LogP contribution in [0, 0.1) is 11.3 Å². The molecule has 1 fully saturated rings. The van der Waals surface area contributed by atoms with E-state index in [1.165, 1.54) is 43.0 Å². The van der Waals surface area contributed by atoms with E-state index in [2.05, 4.69) is 33.0 Å². The lowest BCUT2D eigenvalue weighted by molar-refractivity contribution is 0.315. The van der Waals surface area contributed by atoms with Gasteiger partial charge in [-0.2, -0.15) is 0 Å². The number of aliphatic imine (C=N–C) groups is 1. The summed E-state index contributed by atoms with van der Waals surface area (Å²) < 4.78 is 0. The second-order valence-corrected chi connectivity index (χ2v) is 7.97. The summed E-state index contributed by atoms with van der Waals surface area (Å²) in [5.74, 6) is 2.21. The van der Waals surface area contributed by atoms with E-state index in [4.69, 9.17) is 4.99 Å². The second kappa shape index (κ2) is 5.85. The Balaban J connectivity index is 1.91. The average molecular weight is 268 g/mol. The summed E-state index contributed by atoms with van der Waals surface area (Å²) in [6.07, 6.45) is 6.68. The average Bonchev–Trinajstić information content (AvgIpc) is 3.11. The largest absolute Gasteiger partial charge is 0.362 e. The third-order valence-electron chi connectivity index (χ3n) is 4.04. The van der Waals surface area contributed by atoms with Crippen molar-refractivity contribution >= 4 is 16.9 Å². The summed E-state index contributed by atoms with van der Waals surface area (Å²) >= 11 is 1.91. The van der Waals surface area contributed by atoms with Crippen LogP contribution in [0.1, 0.15) is 59.8 Å². The van der Waals surface area contributed by atoms with Gasteiger partial charge in [0, 0.05) is 11.8 Å². The Kier molecular flexibility index (Phi) is 4.63. The van der Waals surface area contributed by atoms with Crippen molar-refractivity contribution < 1.29 is 0 Å². The molecule has 0 aromatic heterocycles. The molecule has 2 atom stereocenters. The molecule has 0 bridgehead atoms. The molecule has 2 rings (SSSR count). The van der Waals surface area contributed by atoms with Gasteiger partial charge in [0.1, 0.15) is 0 Å². The van der Waals surface area contributed by atoms with Crippen LogP contribution in [0.4, 0.5) is 0 Å². The Morgan fingerprint density at radius 1 is 1.33 bits per heavy atom. The Bertz CT molecular complexity index is 302. The molecule has 1 aliphatic carbocycles. The minimum absolute atomic E-state index is 0.298. The van der Waals surface area contributed by atoms with Crippen LogP contribution in [0.3, 0.4) is 0 Å². The van der Waals surface area contributed by atoms with Gasteiger partial charge in [-0.3, -0.25) is 4.99 Å². The maximum Gasteiger partial charge on any atom is 0.157 e. The molecule has 2 unspecified atom stereocenters. The minimum atomic E-state index is 0.298. The summed E-state index contributed by atoms with van der Waals surface area (Å²) in [7, 11) is 0. The molecule has 0 aromatic carbocycles. The molecule has 0 radical (unpaired) electrons. The van der Waals surface area contributed by atoms with Gasteiger partial charge < -0.3 is 5.32 Å². The molecule has 18 heavy (non-hydrogen) atoms. The van der Waals surface area contributed by atoms with Gasteiger partial charge in [-0.25, -0.2) is 0 Å². The molecule has 3 heteroatoms. The van der Waals surface area contributed by atoms with E-state index >= 15 is 0 Å². The van der Waals surface area contributed by atoms with Crippen molar-refractivity contribution in [3.8, 4) is 0 Å². The molecule has 0 amide bonds. The van der Waals surface area contributed by atoms with E-state index < -0.39 is 0 Å². The molecule has 1 N–H and O–H groups in total. The number of hydrogen-bond donors (Lipinski definition) is 1. The highest BCUT2D eigenvalue weighted by atomic mass is 32.2. The van der Waals surface area contributed by atoms with Crippen molar-refractivity contribution in [1.29, 1.82) is 0 Å². The smallest absolute Gasteiger partial charge is 0.157 e. The summed E-state index contributed by atoms with van der Waals surface area (Å²) in [5.41, 5.74) is 0.298. The Labute approximate surface area is 116 Å². The highest BCUT2D eigenvalue weighted by Crippen LogP contribution is 2.35. The van der Waals surface area contributed by atoms with Crippen molar-refractivity contribution in [2.45, 2.75) is 71.9 Å². The molecule has 0 aromatic rings. The maximum absolute atomic E-state index is 4.94. The van der Waals surface area contributed by atoms with Gasteiger partial charge >= 0.3 is 0 Å². The van der Waals surface area contributed by atoms with Crippen molar-refractivity contribution in [3.05, 3.63) is 0 Å². The summed E-state index contributed by atoms with van der Waals surface area (Å²) in [6, 6.07) is 1.13. The van der Waals surface area contributed by atoms with Crippen molar-refractivity contribution in [1.82, 2.24) is 5.32 Å². The summed E-state index contributed by atoms with van der Waals surface area (Å²) in [5, 5.41) is 4.89. The first-order valence-electron chi connectivity index (χ1n) is 7.46. The lowest BCUT2D eigenvalue weighted by Crippen LogP contribution is -2.38. The predicted molar refractivity (Wildman–Crippen MR) is 82.3 cm³/mol. The Morgan fingerprint density at radius 2 is 2.06 bits per heavy atom. The topological polar surface area (TPSA) is 24.4 Å². The number of thioether (sulfide) groups is 1. The first-order valence-corrected chi connectivity index (χ1v) is 8.44. The normalized spacial score (nSPS) is 26.7. The van der Waals surface area contributed by atoms with Crippen LogP contribution in [0.15, 0.2) is 4.99 Å². The molecule has 104 valence electrons. The molecule has 2 nitrogen and oxygen atoms in total. The Morgan fingerprint density at radius 3 is 2.61 bits per heavy atom. The lowest BCUT2D eigenvalue weighted by Gasteiger charge is -2.32. The first-order chi connectivity index (χ1) is 8.49. The zero-order valence-corrected chi connectivity index (χ0v) is 13.1. The van der Waals surface area contributed by atoms with Gasteiger partial charge in [0.15, 0.2) is 5.17 Å². The van der Waals surface area contributed by atoms with Crippen LogP contribution in [-0.2, 0) is 0 Å². The first kappa shape index (κ1) is 14.2. The standard InChI is InChI=1S/C15H28N2S/c1-5-12(10-11-6-7-11)16-14-17-13(8-9-18-14)15(2,3)4/h11-13H,5-10H2,1-4H3,(H,16,17). The van der Waals surface area contributed by atoms with E-state index in [9.17, 15) is 0 Å². The maximum atomic E-state index is 4.94. The van der Waals surface area contributed by atoms with Gasteiger partial charge in [-0.15, -0.1) is 0 Å². The highest BCUT2D eigenvalue weighted by molar-refractivity contribution is 8.13. The van der Waals surface area contributed by atoms with Crippen molar-refractivity contribution in [2.24, 2.45) is 16.3 Å². The molecule has 0 saturated heterocycles. The molecule has 0 spiro atoms. The zero-order valence-electron chi connectivity index (χ0n) is 12.3. The van der Waals surface area contributed by atoms with E-state index in [1.54, 1.807) is 0 Å². The van der Waals surface area contributed by atoms with E-state index in [0.29, 0.717) is 17.5 Å². The van der Waals surface area contributed by atoms with Crippen LogP contribution in [0.5, 0.6) is 0 Å². The number of amidine groups is 1. The van der Waals surface area contributed by atoms with Crippen LogP contribution in [-0.4, -0.2) is 23.0 Å². The van der Waals surface area contributed by atoms with E-state index in [1.807, 2.05) is 11.8 Å². The molecule has 2 aliphatic rings. The van der Waals surface area contributed by atoms with Gasteiger partial charge in [-0.1, -0.05) is 52.3 Å². The van der Waals surface area contributed by atoms with Crippen LogP contribution in [0.2, 0.25) is 0 Å². The van der Waals surface area contributed by atoms with Gasteiger partial charge in [0.25, 0.3) is 0 Å². The fourth-order valence-electron chi connectivity index (χ4n) is 2.47. The molecule has 1 saturated carbocycles. The SMILES string of the molecule is CCC(CC1CC1)NC1=NC(C(C)(C)C)CCS1. The quantitative estimate of drug-likeness (QED) is 0.831. The van der Waals surface area contributed by atoms with E-state index in [0.717, 1.165) is 5.92 Å². The second-order valence-electron chi connectivity index (χ2n) is 6.88. The molecule has 1 heterocycles. The third-order valence-corrected chi connectivity index (χ3v) is 4.97. The number of nitrogens with one attached hydrogen (secondary N) is 1. The molecular formula is C15H28N2S. The molecule has 1 aliphatic heterocycles. The van der Waals surface area contributed by atoms with Gasteiger partial charge in [0.05, 0.1) is 6.04 Å². The Hall–Kier alpha value is -0.180. The fraction of sp³-hybridized carbons (Fsp3) is 0.933.